The molecule has 0 spiro atoms. The maximum Gasteiger partial charge on any atom is 0.246 e. The van der Waals surface area contributed by atoms with Crippen LogP contribution in [0.3, 0.4) is 0 Å². The molecule has 1 saturated heterocycles. The molecule has 2 atom stereocenters. The summed E-state index contributed by atoms with van der Waals surface area (Å²) in [6.07, 6.45) is 3.57. The van der Waals surface area contributed by atoms with E-state index in [9.17, 15) is 9.59 Å². The second-order valence-corrected chi connectivity index (χ2v) is 6.94. The smallest absolute Gasteiger partial charge is 0.246 e. The Balaban J connectivity index is 0.00000392. The molecule has 1 aromatic carbocycles. The van der Waals surface area contributed by atoms with Crippen LogP contribution in [0, 0.1) is 0 Å². The monoisotopic (exact) mass is 448 g/mol. The molecular formula is C20H34Cl2N4O3. The molecule has 0 radical (unpaired) electrons. The first-order chi connectivity index (χ1) is 13.1. The van der Waals surface area contributed by atoms with E-state index in [1.807, 2.05) is 25.1 Å². The van der Waals surface area contributed by atoms with Gasteiger partial charge in [-0.25, -0.2) is 0 Å². The quantitative estimate of drug-likeness (QED) is 0.511. The lowest BCUT2D eigenvalue weighted by molar-refractivity contribution is -0.128. The summed E-state index contributed by atoms with van der Waals surface area (Å²) in [5, 5.41) is 5.75. The van der Waals surface area contributed by atoms with Gasteiger partial charge in [-0.15, -0.1) is 24.8 Å². The van der Waals surface area contributed by atoms with Gasteiger partial charge >= 0.3 is 0 Å². The van der Waals surface area contributed by atoms with Gasteiger partial charge in [0.1, 0.15) is 6.04 Å². The van der Waals surface area contributed by atoms with E-state index in [2.05, 4.69) is 21.6 Å². The standard InChI is InChI=1S/C20H32N4O3.2ClH/c1-3-7-18(23-19(25)13-17(14-21)27-2)20(26)22-15-8-6-9-16(12-15)24-10-4-5-11-24;;/h6,8-9,12,17-18H,3-5,7,10-11,13-14,21H2,1-2H3,(H,22,26)(H,23,25);2*1H. The molecule has 9 heteroatoms. The highest BCUT2D eigenvalue weighted by Crippen LogP contribution is 2.23. The number of hydrogen-bond acceptors (Lipinski definition) is 5. The highest BCUT2D eigenvalue weighted by atomic mass is 35.5. The third kappa shape index (κ3) is 8.78. The van der Waals surface area contributed by atoms with Crippen molar-refractivity contribution in [2.24, 2.45) is 5.73 Å². The second-order valence-electron chi connectivity index (χ2n) is 6.94. The number of nitrogens with two attached hydrogens (primary N) is 1. The van der Waals surface area contributed by atoms with Gasteiger partial charge in [0, 0.05) is 38.1 Å². The second kappa shape index (κ2) is 14.4. The Morgan fingerprint density at radius 3 is 2.52 bits per heavy atom. The Morgan fingerprint density at radius 1 is 1.24 bits per heavy atom. The summed E-state index contributed by atoms with van der Waals surface area (Å²) in [6, 6.07) is 7.29. The molecule has 1 heterocycles. The van der Waals surface area contributed by atoms with Gasteiger partial charge in [0.05, 0.1) is 12.5 Å². The largest absolute Gasteiger partial charge is 0.380 e. The molecule has 0 aromatic heterocycles. The fourth-order valence-electron chi connectivity index (χ4n) is 3.27. The summed E-state index contributed by atoms with van der Waals surface area (Å²) in [4.78, 5) is 27.2. The molecule has 29 heavy (non-hydrogen) atoms. The summed E-state index contributed by atoms with van der Waals surface area (Å²) in [5.41, 5.74) is 7.43. The number of methoxy groups -OCH3 is 1. The van der Waals surface area contributed by atoms with E-state index in [-0.39, 0.29) is 55.7 Å². The van der Waals surface area contributed by atoms with Crippen molar-refractivity contribution in [3.63, 3.8) is 0 Å². The van der Waals surface area contributed by atoms with Crippen LogP contribution in [-0.2, 0) is 14.3 Å². The molecule has 2 rings (SSSR count). The highest BCUT2D eigenvalue weighted by molar-refractivity contribution is 5.97. The summed E-state index contributed by atoms with van der Waals surface area (Å²) in [6.45, 7) is 4.34. The number of anilines is 2. The van der Waals surface area contributed by atoms with Crippen molar-refractivity contribution in [2.45, 2.75) is 51.2 Å². The topological polar surface area (TPSA) is 96.7 Å². The van der Waals surface area contributed by atoms with Gasteiger partial charge in [-0.05, 0) is 37.5 Å². The van der Waals surface area contributed by atoms with E-state index in [1.54, 1.807) is 0 Å². The van der Waals surface area contributed by atoms with Crippen molar-refractivity contribution >= 4 is 48.0 Å². The summed E-state index contributed by atoms with van der Waals surface area (Å²) in [7, 11) is 1.52. The maximum absolute atomic E-state index is 12.7. The summed E-state index contributed by atoms with van der Waals surface area (Å²) in [5.74, 6) is -0.433. The lowest BCUT2D eigenvalue weighted by Crippen LogP contribution is -2.45. The lowest BCUT2D eigenvalue weighted by atomic mass is 10.1. The molecule has 0 bridgehead atoms. The van der Waals surface area contributed by atoms with Crippen molar-refractivity contribution in [1.29, 1.82) is 0 Å². The van der Waals surface area contributed by atoms with Crippen LogP contribution >= 0.6 is 24.8 Å². The van der Waals surface area contributed by atoms with E-state index < -0.39 is 6.04 Å². The third-order valence-electron chi connectivity index (χ3n) is 4.82. The zero-order chi connectivity index (χ0) is 19.6. The number of nitrogens with one attached hydrogen (secondary N) is 2. The predicted octanol–water partition coefficient (Wildman–Crippen LogP) is 2.72. The zero-order valence-electron chi connectivity index (χ0n) is 17.2. The van der Waals surface area contributed by atoms with Crippen molar-refractivity contribution in [3.8, 4) is 0 Å². The summed E-state index contributed by atoms with van der Waals surface area (Å²) < 4.78 is 5.14. The van der Waals surface area contributed by atoms with E-state index in [0.717, 1.165) is 30.9 Å². The van der Waals surface area contributed by atoms with Gasteiger partial charge < -0.3 is 26.0 Å². The number of amides is 2. The number of benzene rings is 1. The molecule has 7 nitrogen and oxygen atoms in total. The average Bonchev–Trinajstić information content (AvgIpc) is 3.20. The van der Waals surface area contributed by atoms with E-state index in [4.69, 9.17) is 10.5 Å². The number of rotatable bonds is 10. The first-order valence-corrected chi connectivity index (χ1v) is 9.75. The van der Waals surface area contributed by atoms with Crippen LogP contribution in [0.4, 0.5) is 11.4 Å². The van der Waals surface area contributed by atoms with Crippen molar-refractivity contribution in [1.82, 2.24) is 5.32 Å². The van der Waals surface area contributed by atoms with Gasteiger partial charge in [-0.1, -0.05) is 19.4 Å². The average molecular weight is 449 g/mol. The van der Waals surface area contributed by atoms with Gasteiger partial charge in [0.15, 0.2) is 0 Å². The van der Waals surface area contributed by atoms with E-state index >= 15 is 0 Å². The molecular weight excluding hydrogens is 415 g/mol. The molecule has 1 aliphatic rings. The van der Waals surface area contributed by atoms with Gasteiger partial charge in [0.25, 0.3) is 0 Å². The zero-order valence-corrected chi connectivity index (χ0v) is 18.8. The van der Waals surface area contributed by atoms with Crippen LogP contribution in [0.25, 0.3) is 0 Å². The van der Waals surface area contributed by atoms with Crippen LogP contribution in [-0.4, -0.2) is 50.7 Å². The minimum absolute atomic E-state index is 0. The minimum Gasteiger partial charge on any atom is -0.380 e. The number of carbonyl (C=O) groups is 2. The van der Waals surface area contributed by atoms with Gasteiger partial charge in [-0.2, -0.15) is 0 Å². The Labute approximate surface area is 185 Å². The third-order valence-corrected chi connectivity index (χ3v) is 4.82. The molecule has 2 amide bonds. The van der Waals surface area contributed by atoms with Crippen molar-refractivity contribution in [2.75, 3.05) is 37.0 Å². The highest BCUT2D eigenvalue weighted by Gasteiger charge is 2.22. The van der Waals surface area contributed by atoms with Crippen LogP contribution in [0.5, 0.6) is 0 Å². The Kier molecular flexibility index (Phi) is 13.7. The van der Waals surface area contributed by atoms with E-state index in [0.29, 0.717) is 6.42 Å². The number of halogens is 2. The number of ether oxygens (including phenoxy) is 1. The van der Waals surface area contributed by atoms with Gasteiger partial charge in [-0.3, -0.25) is 9.59 Å². The Hall–Kier alpha value is -1.54. The fourth-order valence-corrected chi connectivity index (χ4v) is 3.27. The molecule has 166 valence electrons. The summed E-state index contributed by atoms with van der Waals surface area (Å²) >= 11 is 0. The minimum atomic E-state index is -0.576. The lowest BCUT2D eigenvalue weighted by Gasteiger charge is -2.21. The number of carbonyl (C=O) groups excluding carboxylic acids is 2. The first kappa shape index (κ1) is 27.5. The van der Waals surface area contributed by atoms with E-state index in [1.165, 1.54) is 20.0 Å². The fraction of sp³-hybridized carbons (Fsp3) is 0.600. The molecule has 0 saturated carbocycles. The Bertz CT molecular complexity index is 623. The SMILES string of the molecule is CCCC(NC(=O)CC(CN)OC)C(=O)Nc1cccc(N2CCCC2)c1.Cl.Cl. The molecule has 0 aliphatic carbocycles. The van der Waals surface area contributed by atoms with Gasteiger partial charge in [0.2, 0.25) is 11.8 Å². The number of hydrogen-bond donors (Lipinski definition) is 3. The molecule has 4 N–H and O–H groups in total. The van der Waals surface area contributed by atoms with Crippen molar-refractivity contribution < 1.29 is 14.3 Å². The van der Waals surface area contributed by atoms with Crippen LogP contribution < -0.4 is 21.3 Å². The molecule has 1 aromatic rings. The number of nitrogens with zero attached hydrogens (tertiary/aromatic N) is 1. The molecule has 1 fully saturated rings. The van der Waals surface area contributed by atoms with Crippen molar-refractivity contribution in [3.05, 3.63) is 24.3 Å². The maximum atomic E-state index is 12.7. The van der Waals surface area contributed by atoms with Crippen LogP contribution in [0.15, 0.2) is 24.3 Å². The Morgan fingerprint density at radius 2 is 1.93 bits per heavy atom. The first-order valence-electron chi connectivity index (χ1n) is 9.75. The molecule has 1 aliphatic heterocycles. The predicted molar refractivity (Wildman–Crippen MR) is 122 cm³/mol. The van der Waals surface area contributed by atoms with Crippen LogP contribution in [0.2, 0.25) is 0 Å². The van der Waals surface area contributed by atoms with Crippen LogP contribution in [0.1, 0.15) is 39.0 Å². The molecule has 2 unspecified atom stereocenters. The normalized spacial score (nSPS) is 14.9.